The molecule has 21 heavy (non-hydrogen) atoms. The van der Waals surface area contributed by atoms with Crippen LogP contribution in [0.2, 0.25) is 0 Å². The molecule has 5 nitrogen and oxygen atoms in total. The molecule has 0 aromatic heterocycles. The van der Waals surface area contributed by atoms with Gasteiger partial charge in [0.15, 0.2) is 5.54 Å². The van der Waals surface area contributed by atoms with Gasteiger partial charge in [0.2, 0.25) is 0 Å². The number of rotatable bonds is 6. The number of carboxylic acids is 1. The molecule has 1 rings (SSSR count). The van der Waals surface area contributed by atoms with Crippen LogP contribution in [0.15, 0.2) is 30.3 Å². The second-order valence-electron chi connectivity index (χ2n) is 5.31. The van der Waals surface area contributed by atoms with E-state index in [-0.39, 0.29) is 12.1 Å². The summed E-state index contributed by atoms with van der Waals surface area (Å²) in [6, 6.07) is 8.44. The Morgan fingerprint density at radius 1 is 1.24 bits per heavy atom. The van der Waals surface area contributed by atoms with E-state index in [1.54, 1.807) is 36.2 Å². The van der Waals surface area contributed by atoms with Crippen LogP contribution in [0.1, 0.15) is 39.2 Å². The number of hydrogen-bond donors (Lipinski definition) is 2. The minimum atomic E-state index is -1.45. The molecule has 0 bridgehead atoms. The molecule has 0 aliphatic heterocycles. The van der Waals surface area contributed by atoms with Gasteiger partial charge in [-0.25, -0.2) is 9.59 Å². The third-order valence-corrected chi connectivity index (χ3v) is 3.95. The molecule has 5 heteroatoms. The molecule has 1 atom stereocenters. The lowest BCUT2D eigenvalue weighted by Crippen LogP contribution is -2.54. The normalized spacial score (nSPS) is 13.6. The fourth-order valence-electron chi connectivity index (χ4n) is 2.32. The van der Waals surface area contributed by atoms with Crippen LogP contribution in [0.4, 0.5) is 4.79 Å². The van der Waals surface area contributed by atoms with Gasteiger partial charge in [0.05, 0.1) is 0 Å². The van der Waals surface area contributed by atoms with E-state index in [1.807, 2.05) is 19.9 Å². The maximum atomic E-state index is 12.3. The van der Waals surface area contributed by atoms with Gasteiger partial charge in [-0.2, -0.15) is 0 Å². The summed E-state index contributed by atoms with van der Waals surface area (Å²) in [6.07, 6.45) is 1.66. The van der Waals surface area contributed by atoms with Gasteiger partial charge in [0.1, 0.15) is 0 Å². The number of carboxylic acid groups (broad SMARTS) is 1. The van der Waals surface area contributed by atoms with Gasteiger partial charge in [-0.15, -0.1) is 0 Å². The number of carbonyl (C=O) groups excluding carboxylic acids is 1. The van der Waals surface area contributed by atoms with Crippen molar-refractivity contribution in [2.24, 2.45) is 0 Å². The number of benzene rings is 1. The van der Waals surface area contributed by atoms with Crippen molar-refractivity contribution < 1.29 is 14.7 Å². The Balaban J connectivity index is 2.99. The molecular formula is C16H24N2O3. The van der Waals surface area contributed by atoms with E-state index in [0.29, 0.717) is 5.56 Å². The van der Waals surface area contributed by atoms with Gasteiger partial charge in [-0.05, 0) is 25.3 Å². The van der Waals surface area contributed by atoms with Crippen molar-refractivity contribution in [1.29, 1.82) is 0 Å². The largest absolute Gasteiger partial charge is 0.479 e. The second kappa shape index (κ2) is 7.11. The van der Waals surface area contributed by atoms with Crippen LogP contribution in [0.25, 0.3) is 0 Å². The topological polar surface area (TPSA) is 69.6 Å². The zero-order valence-corrected chi connectivity index (χ0v) is 13.1. The van der Waals surface area contributed by atoms with Crippen LogP contribution >= 0.6 is 0 Å². The Bertz CT molecular complexity index is 486. The van der Waals surface area contributed by atoms with E-state index < -0.39 is 11.5 Å². The summed E-state index contributed by atoms with van der Waals surface area (Å²) in [6.45, 7) is 5.51. The number of carbonyl (C=O) groups is 2. The van der Waals surface area contributed by atoms with E-state index in [9.17, 15) is 14.7 Å². The molecule has 2 N–H and O–H groups in total. The van der Waals surface area contributed by atoms with Gasteiger partial charge in [-0.1, -0.05) is 44.2 Å². The highest BCUT2D eigenvalue weighted by atomic mass is 16.4. The number of amides is 2. The number of urea groups is 1. The lowest BCUT2D eigenvalue weighted by molar-refractivity contribution is -0.144. The highest BCUT2D eigenvalue weighted by molar-refractivity contribution is 5.87. The molecule has 116 valence electrons. The number of nitrogens with zero attached hydrogens (tertiary/aromatic N) is 1. The fourth-order valence-corrected chi connectivity index (χ4v) is 2.32. The van der Waals surface area contributed by atoms with E-state index >= 15 is 0 Å². The minimum Gasteiger partial charge on any atom is -0.479 e. The lowest BCUT2D eigenvalue weighted by atomic mass is 9.92. The highest BCUT2D eigenvalue weighted by Crippen LogP contribution is 2.21. The molecule has 0 aliphatic rings. The van der Waals surface area contributed by atoms with Crippen LogP contribution in [0, 0.1) is 0 Å². The van der Waals surface area contributed by atoms with Gasteiger partial charge in [-0.3, -0.25) is 0 Å². The molecule has 0 heterocycles. The van der Waals surface area contributed by atoms with Crippen molar-refractivity contribution in [3.63, 3.8) is 0 Å². The Morgan fingerprint density at radius 2 is 1.76 bits per heavy atom. The van der Waals surface area contributed by atoms with Crippen molar-refractivity contribution in [1.82, 2.24) is 10.2 Å². The maximum absolute atomic E-state index is 12.3. The molecule has 1 unspecified atom stereocenters. The lowest BCUT2D eigenvalue weighted by Gasteiger charge is -2.32. The highest BCUT2D eigenvalue weighted by Gasteiger charge is 2.38. The third-order valence-electron chi connectivity index (χ3n) is 3.95. The van der Waals surface area contributed by atoms with Gasteiger partial charge >= 0.3 is 12.0 Å². The van der Waals surface area contributed by atoms with Crippen molar-refractivity contribution in [3.05, 3.63) is 35.9 Å². The smallest absolute Gasteiger partial charge is 0.333 e. The fraction of sp³-hybridized carbons (Fsp3) is 0.500. The summed E-state index contributed by atoms with van der Waals surface area (Å²) in [5.74, 6) is -1.08. The predicted octanol–water partition coefficient (Wildman–Crippen LogP) is 2.82. The first kappa shape index (κ1) is 17.0. The Hall–Kier alpha value is -2.04. The van der Waals surface area contributed by atoms with Gasteiger partial charge in [0.25, 0.3) is 0 Å². The van der Waals surface area contributed by atoms with E-state index in [0.717, 1.165) is 12.8 Å². The SMILES string of the molecule is CCC(CC)N(C)C(=O)NC(C)(C(=O)O)c1ccccc1. The van der Waals surface area contributed by atoms with Crippen LogP contribution in [0.3, 0.4) is 0 Å². The third kappa shape index (κ3) is 3.74. The summed E-state index contributed by atoms with van der Waals surface area (Å²) >= 11 is 0. The Morgan fingerprint density at radius 3 is 2.19 bits per heavy atom. The van der Waals surface area contributed by atoms with Crippen LogP contribution in [-0.4, -0.2) is 35.1 Å². The number of nitrogens with one attached hydrogen (secondary N) is 1. The zero-order valence-electron chi connectivity index (χ0n) is 13.1. The van der Waals surface area contributed by atoms with Crippen molar-refractivity contribution in [2.75, 3.05) is 7.05 Å². The molecule has 2 amide bonds. The van der Waals surface area contributed by atoms with Gasteiger partial charge < -0.3 is 15.3 Å². The maximum Gasteiger partial charge on any atom is 0.333 e. The van der Waals surface area contributed by atoms with E-state index in [2.05, 4.69) is 5.32 Å². The molecule has 0 saturated carbocycles. The van der Waals surface area contributed by atoms with Crippen molar-refractivity contribution in [2.45, 2.75) is 45.2 Å². The quantitative estimate of drug-likeness (QED) is 0.847. The second-order valence-corrected chi connectivity index (χ2v) is 5.31. The first-order valence-electron chi connectivity index (χ1n) is 7.20. The summed E-state index contributed by atoms with van der Waals surface area (Å²) in [4.78, 5) is 25.6. The van der Waals surface area contributed by atoms with E-state index in [1.165, 1.54) is 6.92 Å². The average molecular weight is 292 g/mol. The number of aliphatic carboxylic acids is 1. The monoisotopic (exact) mass is 292 g/mol. The Kier molecular flexibility index (Phi) is 5.76. The predicted molar refractivity (Wildman–Crippen MR) is 82.1 cm³/mol. The van der Waals surface area contributed by atoms with Crippen molar-refractivity contribution in [3.8, 4) is 0 Å². The first-order valence-corrected chi connectivity index (χ1v) is 7.20. The molecule has 0 spiro atoms. The van der Waals surface area contributed by atoms with Crippen LogP contribution < -0.4 is 5.32 Å². The molecule has 0 aliphatic carbocycles. The molecule has 0 saturated heterocycles. The summed E-state index contributed by atoms with van der Waals surface area (Å²) in [5.41, 5.74) is -0.901. The standard InChI is InChI=1S/C16H24N2O3/c1-5-13(6-2)18(4)15(21)17-16(3,14(19)20)12-10-8-7-9-11-12/h7-11,13H,5-6H2,1-4H3,(H,17,21)(H,19,20). The molecule has 1 aromatic rings. The van der Waals surface area contributed by atoms with Crippen molar-refractivity contribution >= 4 is 12.0 Å². The summed E-state index contributed by atoms with van der Waals surface area (Å²) in [7, 11) is 1.69. The average Bonchev–Trinajstić information content (AvgIpc) is 2.48. The molecular weight excluding hydrogens is 268 g/mol. The van der Waals surface area contributed by atoms with Crippen LogP contribution in [-0.2, 0) is 10.3 Å². The molecule has 1 aromatic carbocycles. The Labute approximate surface area is 126 Å². The van der Waals surface area contributed by atoms with Gasteiger partial charge in [0, 0.05) is 13.1 Å². The zero-order chi connectivity index (χ0) is 16.0. The minimum absolute atomic E-state index is 0.0961. The van der Waals surface area contributed by atoms with Crippen LogP contribution in [0.5, 0.6) is 0 Å². The first-order chi connectivity index (χ1) is 9.86. The summed E-state index contributed by atoms with van der Waals surface area (Å²) in [5, 5.41) is 12.2. The molecule has 0 radical (unpaired) electrons. The summed E-state index contributed by atoms with van der Waals surface area (Å²) < 4.78 is 0. The molecule has 0 fully saturated rings. The van der Waals surface area contributed by atoms with E-state index in [4.69, 9.17) is 0 Å². The number of hydrogen-bond acceptors (Lipinski definition) is 2.